The first kappa shape index (κ1) is 34.8. The van der Waals surface area contributed by atoms with E-state index in [4.69, 9.17) is 21.4 Å². The number of amides is 2. The number of aromatic carboxylic acids is 1. The van der Waals surface area contributed by atoms with Gasteiger partial charge in [-0.25, -0.2) is 9.59 Å². The number of rotatable bonds is 11. The smallest absolute Gasteiger partial charge is 0.407 e. The number of carboxylic acid groups (broad SMARTS) is 1. The molecule has 10 heteroatoms. The second-order valence-corrected chi connectivity index (χ2v) is 11.9. The van der Waals surface area contributed by atoms with Gasteiger partial charge in [-0.3, -0.25) is 9.69 Å². The highest BCUT2D eigenvalue weighted by Gasteiger charge is 2.38. The van der Waals surface area contributed by atoms with Crippen molar-refractivity contribution < 1.29 is 29.0 Å². The maximum Gasteiger partial charge on any atom is 0.407 e. The Labute approximate surface area is 254 Å². The van der Waals surface area contributed by atoms with Gasteiger partial charge in [0.25, 0.3) is 0 Å². The van der Waals surface area contributed by atoms with E-state index in [2.05, 4.69) is 10.6 Å². The maximum absolute atomic E-state index is 12.8. The zero-order chi connectivity index (χ0) is 31.3. The molecule has 0 spiro atoms. The topological polar surface area (TPSA) is 125 Å². The number of likely N-dealkylation sites (N-methyl/N-ethyl adjacent to an activating group) is 1. The van der Waals surface area contributed by atoms with E-state index in [1.807, 2.05) is 70.0 Å². The van der Waals surface area contributed by atoms with E-state index in [0.29, 0.717) is 12.2 Å². The van der Waals surface area contributed by atoms with Crippen LogP contribution in [-0.2, 0) is 14.3 Å². The van der Waals surface area contributed by atoms with E-state index in [9.17, 15) is 19.2 Å². The van der Waals surface area contributed by atoms with E-state index in [1.54, 1.807) is 6.07 Å². The first-order chi connectivity index (χ1) is 19.9. The number of nitrogens with zero attached hydrogens (tertiary/aromatic N) is 1. The molecule has 1 aliphatic rings. The zero-order valence-electron chi connectivity index (χ0n) is 25.2. The predicted molar refractivity (Wildman–Crippen MR) is 165 cm³/mol. The lowest BCUT2D eigenvalue weighted by Crippen LogP contribution is -2.40. The summed E-state index contributed by atoms with van der Waals surface area (Å²) < 4.78 is 5.10. The van der Waals surface area contributed by atoms with Crippen molar-refractivity contribution in [3.8, 4) is 0 Å². The average molecular weight is 602 g/mol. The molecule has 230 valence electrons. The Bertz CT molecular complexity index is 1180. The van der Waals surface area contributed by atoms with E-state index in [-0.39, 0.29) is 40.5 Å². The van der Waals surface area contributed by atoms with Crippen molar-refractivity contribution in [2.75, 3.05) is 25.5 Å². The number of carbonyl (C=O) groups excluding carboxylic acids is 3. The monoisotopic (exact) mass is 601 g/mol. The Kier molecular flexibility index (Phi) is 14.0. The molecule has 3 atom stereocenters. The molecule has 1 fully saturated rings. The lowest BCUT2D eigenvalue weighted by molar-refractivity contribution is -0.120. The molecule has 0 saturated carbocycles. The number of hydrogen-bond acceptors (Lipinski definition) is 6. The molecule has 0 radical (unpaired) electrons. The number of nitrogens with one attached hydrogen (secondary N) is 2. The molecule has 0 aliphatic carbocycles. The van der Waals surface area contributed by atoms with Crippen LogP contribution in [-0.4, -0.2) is 66.0 Å². The summed E-state index contributed by atoms with van der Waals surface area (Å²) in [6.07, 6.45) is 5.17. The molecule has 1 aliphatic heterocycles. The number of benzene rings is 2. The van der Waals surface area contributed by atoms with Crippen molar-refractivity contribution in [1.29, 1.82) is 0 Å². The van der Waals surface area contributed by atoms with Gasteiger partial charge in [-0.1, -0.05) is 55.3 Å². The highest BCUT2D eigenvalue weighted by molar-refractivity contribution is 6.33. The third kappa shape index (κ3) is 11.4. The van der Waals surface area contributed by atoms with Gasteiger partial charge in [0.15, 0.2) is 0 Å². The van der Waals surface area contributed by atoms with Crippen LogP contribution in [0.4, 0.5) is 10.5 Å². The van der Waals surface area contributed by atoms with Crippen LogP contribution in [0.3, 0.4) is 0 Å². The maximum atomic E-state index is 12.8. The van der Waals surface area contributed by atoms with Gasteiger partial charge in [0.05, 0.1) is 16.6 Å². The van der Waals surface area contributed by atoms with Gasteiger partial charge in [-0.05, 0) is 83.8 Å². The molecule has 1 heterocycles. The Hall–Kier alpha value is -3.43. The Morgan fingerprint density at radius 2 is 1.83 bits per heavy atom. The van der Waals surface area contributed by atoms with Crippen LogP contribution in [0.25, 0.3) is 0 Å². The minimum absolute atomic E-state index is 0.0137. The third-order valence-corrected chi connectivity index (χ3v) is 7.31. The number of ether oxygens (including phenoxy) is 1. The van der Waals surface area contributed by atoms with Crippen molar-refractivity contribution >= 4 is 41.5 Å². The molecule has 9 nitrogen and oxygen atoms in total. The number of aldehydes is 1. The van der Waals surface area contributed by atoms with Crippen LogP contribution in [0.15, 0.2) is 48.5 Å². The van der Waals surface area contributed by atoms with Crippen LogP contribution in [0.5, 0.6) is 0 Å². The van der Waals surface area contributed by atoms with Gasteiger partial charge in [0, 0.05) is 24.1 Å². The number of halogens is 1. The van der Waals surface area contributed by atoms with Crippen molar-refractivity contribution in [3.05, 3.63) is 64.7 Å². The molecule has 0 bridgehead atoms. The normalized spacial score (nSPS) is 17.4. The molecule has 0 aromatic heterocycles. The van der Waals surface area contributed by atoms with Crippen molar-refractivity contribution in [2.45, 2.75) is 77.4 Å². The van der Waals surface area contributed by atoms with Gasteiger partial charge in [-0.2, -0.15) is 0 Å². The molecule has 3 rings (SSSR count). The van der Waals surface area contributed by atoms with Crippen LogP contribution in [0.1, 0.15) is 81.6 Å². The number of carboxylic acids is 1. The Morgan fingerprint density at radius 3 is 2.40 bits per heavy atom. The quantitative estimate of drug-likeness (QED) is 0.202. The molecule has 1 saturated heterocycles. The van der Waals surface area contributed by atoms with Gasteiger partial charge in [0.1, 0.15) is 11.9 Å². The first-order valence-corrected chi connectivity index (χ1v) is 14.7. The van der Waals surface area contributed by atoms with E-state index < -0.39 is 11.6 Å². The fourth-order valence-electron chi connectivity index (χ4n) is 4.77. The molecule has 2 aromatic carbocycles. The van der Waals surface area contributed by atoms with Gasteiger partial charge < -0.3 is 25.3 Å². The molecular weight excluding hydrogens is 558 g/mol. The van der Waals surface area contributed by atoms with Crippen molar-refractivity contribution in [1.82, 2.24) is 10.2 Å². The average Bonchev–Trinajstić information content (AvgIpc) is 3.32. The molecule has 3 N–H and O–H groups in total. The minimum Gasteiger partial charge on any atom is -0.478 e. The molecule has 1 unspecified atom stereocenters. The summed E-state index contributed by atoms with van der Waals surface area (Å²) in [7, 11) is 1.94. The van der Waals surface area contributed by atoms with E-state index in [0.717, 1.165) is 50.5 Å². The lowest BCUT2D eigenvalue weighted by atomic mass is 9.91. The van der Waals surface area contributed by atoms with Gasteiger partial charge in [-0.15, -0.1) is 0 Å². The summed E-state index contributed by atoms with van der Waals surface area (Å²) in [6.45, 7) is 8.96. The second-order valence-electron chi connectivity index (χ2n) is 11.4. The Balaban J connectivity index is 0.000000319. The lowest BCUT2D eigenvalue weighted by Gasteiger charge is -2.24. The predicted octanol–water partition coefficient (Wildman–Crippen LogP) is 6.37. The number of alkyl carbamates (subject to hydrolysis) is 1. The standard InChI is InChI=1S/C19H19ClN2O3.C13H25NO3/c1-22-10-9-14(12-5-3-2-4-6-12)17(22)18(23)21-13-7-8-15(19(24)25)16(20)11-13;1-5-11(10-15)8-6-7-9-14-12(16)17-13(2,3)4/h2-8,11,14,17H,9-10H2,1H3,(H,21,23)(H,24,25);10-11H,5-9H2,1-4H3,(H,14,16)/t14-,17-;/m0./s1. The zero-order valence-corrected chi connectivity index (χ0v) is 25.9. The first-order valence-electron chi connectivity index (χ1n) is 14.4. The van der Waals surface area contributed by atoms with Gasteiger partial charge >= 0.3 is 12.1 Å². The number of likely N-dealkylation sites (tertiary alicyclic amines) is 1. The third-order valence-electron chi connectivity index (χ3n) is 7.00. The summed E-state index contributed by atoms with van der Waals surface area (Å²) in [6, 6.07) is 14.2. The van der Waals surface area contributed by atoms with Gasteiger partial charge in [0.2, 0.25) is 5.91 Å². The fourth-order valence-corrected chi connectivity index (χ4v) is 5.03. The largest absolute Gasteiger partial charge is 0.478 e. The van der Waals surface area contributed by atoms with Crippen LogP contribution < -0.4 is 10.6 Å². The van der Waals surface area contributed by atoms with E-state index in [1.165, 1.54) is 12.1 Å². The van der Waals surface area contributed by atoms with Crippen molar-refractivity contribution in [3.63, 3.8) is 0 Å². The number of hydrogen-bond donors (Lipinski definition) is 3. The van der Waals surface area contributed by atoms with Crippen LogP contribution >= 0.6 is 11.6 Å². The SMILES string of the molecule is CCC(C=O)CCCCNC(=O)OC(C)(C)C.CN1CC[C@@H](c2ccccc2)[C@H]1C(=O)Nc1ccc(C(=O)O)c(Cl)c1. The minimum atomic E-state index is -1.09. The second kappa shape index (κ2) is 16.9. The van der Waals surface area contributed by atoms with E-state index >= 15 is 0 Å². The number of anilines is 1. The summed E-state index contributed by atoms with van der Waals surface area (Å²) >= 11 is 5.98. The molecular formula is C32H44ClN3O6. The van der Waals surface area contributed by atoms with Crippen molar-refractivity contribution in [2.24, 2.45) is 5.92 Å². The Morgan fingerprint density at radius 1 is 1.14 bits per heavy atom. The summed E-state index contributed by atoms with van der Waals surface area (Å²) in [5, 5.41) is 14.7. The molecule has 2 aromatic rings. The highest BCUT2D eigenvalue weighted by atomic mass is 35.5. The summed E-state index contributed by atoms with van der Waals surface area (Å²) in [5.74, 6) is -0.924. The summed E-state index contributed by atoms with van der Waals surface area (Å²) in [5.41, 5.74) is 1.20. The van der Waals surface area contributed by atoms with Crippen LogP contribution in [0, 0.1) is 5.92 Å². The molecule has 2 amide bonds. The fraction of sp³-hybridized carbons (Fsp3) is 0.500. The van der Waals surface area contributed by atoms with Crippen LogP contribution in [0.2, 0.25) is 5.02 Å². The highest BCUT2D eigenvalue weighted by Crippen LogP contribution is 2.33. The number of carbonyl (C=O) groups is 4. The summed E-state index contributed by atoms with van der Waals surface area (Å²) in [4.78, 5) is 47.8. The number of unbranched alkanes of at least 4 members (excludes halogenated alkanes) is 1. The molecule has 42 heavy (non-hydrogen) atoms.